The Bertz CT molecular complexity index is 1550. The summed E-state index contributed by atoms with van der Waals surface area (Å²) in [4.78, 5) is 2.30. The van der Waals surface area contributed by atoms with Crippen LogP contribution in [0.3, 0.4) is 0 Å². The zero-order valence-electron chi connectivity index (χ0n) is 19.0. The molecule has 8 heteroatoms. The van der Waals surface area contributed by atoms with Crippen molar-refractivity contribution in [1.82, 2.24) is 24.6 Å². The lowest BCUT2D eigenvalue weighted by molar-refractivity contribution is 0.509. The average Bonchev–Trinajstić information content (AvgIpc) is 3.66. The minimum absolute atomic E-state index is 0.224. The van der Waals surface area contributed by atoms with Crippen molar-refractivity contribution in [2.75, 3.05) is 18.0 Å². The monoisotopic (exact) mass is 458 g/mol. The molecule has 2 atom stereocenters. The molecule has 0 spiro atoms. The van der Waals surface area contributed by atoms with E-state index in [0.29, 0.717) is 12.1 Å². The van der Waals surface area contributed by atoms with E-state index in [9.17, 15) is 5.26 Å². The molecule has 2 aromatic heterocycles. The molecule has 35 heavy (non-hydrogen) atoms. The van der Waals surface area contributed by atoms with Crippen molar-refractivity contribution >= 4 is 5.69 Å². The maximum atomic E-state index is 10.1. The van der Waals surface area contributed by atoms with E-state index in [1.54, 1.807) is 6.33 Å². The molecule has 0 radical (unpaired) electrons. The van der Waals surface area contributed by atoms with Crippen LogP contribution in [-0.2, 0) is 6.54 Å². The van der Waals surface area contributed by atoms with Crippen molar-refractivity contribution in [2.24, 2.45) is 0 Å². The molecule has 3 aliphatic rings. The normalized spacial score (nSPS) is 21.9. The second-order valence-electron chi connectivity index (χ2n) is 9.50. The zero-order chi connectivity index (χ0) is 23.6. The van der Waals surface area contributed by atoms with Crippen LogP contribution in [0.4, 0.5) is 5.69 Å². The van der Waals surface area contributed by atoms with Gasteiger partial charge in [0.1, 0.15) is 11.9 Å². The summed E-state index contributed by atoms with van der Waals surface area (Å²) in [5.74, 6) is 0.797. The number of nitrogens with one attached hydrogen (secondary N) is 1. The van der Waals surface area contributed by atoms with E-state index < -0.39 is 5.54 Å². The molecular formula is C27H22N8. The molecule has 3 aliphatic heterocycles. The topological polar surface area (TPSA) is 98.5 Å². The first-order chi connectivity index (χ1) is 17.2. The summed E-state index contributed by atoms with van der Waals surface area (Å²) >= 11 is 0. The number of benzene rings is 2. The molecule has 1 unspecified atom stereocenters. The third-order valence-electron chi connectivity index (χ3n) is 7.79. The predicted octanol–water partition coefficient (Wildman–Crippen LogP) is 3.47. The van der Waals surface area contributed by atoms with Crippen molar-refractivity contribution in [1.29, 1.82) is 10.5 Å². The van der Waals surface area contributed by atoms with Gasteiger partial charge < -0.3 is 14.8 Å². The molecule has 2 aromatic carbocycles. The summed E-state index contributed by atoms with van der Waals surface area (Å²) < 4.78 is 4.26. The van der Waals surface area contributed by atoms with Crippen LogP contribution < -0.4 is 10.2 Å². The smallest absolute Gasteiger partial charge is 0.185 e. The van der Waals surface area contributed by atoms with Crippen LogP contribution in [0.1, 0.15) is 24.0 Å². The molecule has 4 aromatic rings. The summed E-state index contributed by atoms with van der Waals surface area (Å²) in [6.45, 7) is 2.45. The Morgan fingerprint density at radius 2 is 1.94 bits per heavy atom. The summed E-state index contributed by atoms with van der Waals surface area (Å²) in [6, 6.07) is 21.3. The van der Waals surface area contributed by atoms with E-state index in [4.69, 9.17) is 5.26 Å². The van der Waals surface area contributed by atoms with Crippen molar-refractivity contribution in [3.63, 3.8) is 0 Å². The number of hydrogen-bond donors (Lipinski definition) is 1. The van der Waals surface area contributed by atoms with Crippen LogP contribution in [0.5, 0.6) is 0 Å². The molecule has 0 amide bonds. The van der Waals surface area contributed by atoms with Gasteiger partial charge in [-0.1, -0.05) is 12.1 Å². The van der Waals surface area contributed by atoms with E-state index in [1.807, 2.05) is 28.8 Å². The van der Waals surface area contributed by atoms with Crippen LogP contribution >= 0.6 is 0 Å². The van der Waals surface area contributed by atoms with E-state index in [2.05, 4.69) is 67.6 Å². The largest absolute Gasteiger partial charge is 0.352 e. The predicted molar refractivity (Wildman–Crippen MR) is 131 cm³/mol. The zero-order valence-corrected chi connectivity index (χ0v) is 19.0. The van der Waals surface area contributed by atoms with Crippen molar-refractivity contribution < 1.29 is 0 Å². The molecule has 8 nitrogen and oxygen atoms in total. The highest BCUT2D eigenvalue weighted by Crippen LogP contribution is 2.41. The van der Waals surface area contributed by atoms with Gasteiger partial charge in [0.05, 0.1) is 29.1 Å². The lowest BCUT2D eigenvalue weighted by atomic mass is 9.92. The molecule has 7 rings (SSSR count). The highest BCUT2D eigenvalue weighted by atomic mass is 15.3. The molecule has 0 bridgehead atoms. The first kappa shape index (κ1) is 20.0. The van der Waals surface area contributed by atoms with Gasteiger partial charge >= 0.3 is 0 Å². The number of fused-ring (bicyclic) bond motifs is 6. The van der Waals surface area contributed by atoms with Gasteiger partial charge in [0.25, 0.3) is 0 Å². The highest BCUT2D eigenvalue weighted by Gasteiger charge is 2.52. The van der Waals surface area contributed by atoms with Crippen LogP contribution in [0.25, 0.3) is 28.3 Å². The van der Waals surface area contributed by atoms with Gasteiger partial charge in [0.15, 0.2) is 5.82 Å². The average molecular weight is 459 g/mol. The highest BCUT2D eigenvalue weighted by molar-refractivity contribution is 5.72. The number of rotatable bonds is 2. The lowest BCUT2D eigenvalue weighted by Gasteiger charge is -2.34. The second-order valence-corrected chi connectivity index (χ2v) is 9.50. The van der Waals surface area contributed by atoms with Crippen LogP contribution in [-0.4, -0.2) is 44.0 Å². The summed E-state index contributed by atoms with van der Waals surface area (Å²) in [6.07, 6.45) is 5.73. The van der Waals surface area contributed by atoms with E-state index in [-0.39, 0.29) is 6.04 Å². The third kappa shape index (κ3) is 2.81. The van der Waals surface area contributed by atoms with Crippen molar-refractivity contribution in [3.8, 4) is 40.5 Å². The Balaban J connectivity index is 1.32. The van der Waals surface area contributed by atoms with E-state index >= 15 is 0 Å². The molecule has 2 saturated heterocycles. The lowest BCUT2D eigenvalue weighted by Crippen LogP contribution is -2.48. The fourth-order valence-electron chi connectivity index (χ4n) is 6.05. The quantitative estimate of drug-likeness (QED) is 0.435. The Hall–Kier alpha value is -4.40. The fraction of sp³-hybridized carbons (Fsp3) is 0.259. The van der Waals surface area contributed by atoms with E-state index in [0.717, 1.165) is 65.5 Å². The minimum Gasteiger partial charge on any atom is -0.352 e. The molecule has 1 N–H and O–H groups in total. The summed E-state index contributed by atoms with van der Waals surface area (Å²) in [5.41, 5.74) is 6.60. The maximum Gasteiger partial charge on any atom is 0.185 e. The van der Waals surface area contributed by atoms with Crippen LogP contribution in [0.15, 0.2) is 61.1 Å². The van der Waals surface area contributed by atoms with Crippen molar-refractivity contribution in [2.45, 2.75) is 31.0 Å². The van der Waals surface area contributed by atoms with E-state index in [1.165, 1.54) is 0 Å². The number of anilines is 1. The number of nitrogens with zero attached hydrogens (tertiary/aromatic N) is 7. The van der Waals surface area contributed by atoms with Gasteiger partial charge in [-0.05, 0) is 66.9 Å². The van der Waals surface area contributed by atoms with Gasteiger partial charge in [-0.3, -0.25) is 4.57 Å². The fourth-order valence-corrected chi connectivity index (χ4v) is 6.05. The van der Waals surface area contributed by atoms with Gasteiger partial charge in [0, 0.05) is 36.6 Å². The Kier molecular flexibility index (Phi) is 4.17. The summed E-state index contributed by atoms with van der Waals surface area (Å²) in [7, 11) is 0. The molecule has 2 fully saturated rings. The van der Waals surface area contributed by atoms with Gasteiger partial charge in [-0.15, -0.1) is 10.2 Å². The van der Waals surface area contributed by atoms with Crippen LogP contribution in [0.2, 0.25) is 0 Å². The molecule has 5 heterocycles. The first-order valence-electron chi connectivity index (χ1n) is 11.9. The standard InChI is InChI=1S/C27H22N8/c28-13-18-1-3-19(4-2-18)20-12-24-26-32-31-17-34(26)23-6-5-22(11-21(23)15-33(24)14-20)35-10-7-25-27(35,16-29)8-9-30-25/h1-6,11-12,14,17,25,30H,7-10,15H2/t25-,27?/m1/s1. The van der Waals surface area contributed by atoms with Gasteiger partial charge in [-0.25, -0.2) is 0 Å². The maximum absolute atomic E-state index is 10.1. The Morgan fingerprint density at radius 3 is 2.77 bits per heavy atom. The molecule has 0 aliphatic carbocycles. The SMILES string of the molecule is N#Cc1ccc(-c2cc3n(c2)Cc2cc(N4CC[C@H]5NCCC54C#N)ccc2-n2cnnc2-3)cc1. The minimum atomic E-state index is -0.470. The number of aromatic nitrogens is 4. The molecule has 0 saturated carbocycles. The molecular weight excluding hydrogens is 436 g/mol. The summed E-state index contributed by atoms with van der Waals surface area (Å²) in [5, 5.41) is 31.5. The third-order valence-corrected chi connectivity index (χ3v) is 7.79. The van der Waals surface area contributed by atoms with Gasteiger partial charge in [0.2, 0.25) is 0 Å². The molecule has 170 valence electrons. The Labute approximate surface area is 202 Å². The van der Waals surface area contributed by atoms with Crippen molar-refractivity contribution in [3.05, 3.63) is 72.2 Å². The number of hydrogen-bond acceptors (Lipinski definition) is 6. The van der Waals surface area contributed by atoms with Crippen LogP contribution in [0, 0.1) is 22.7 Å². The first-order valence-corrected chi connectivity index (χ1v) is 11.9. The van der Waals surface area contributed by atoms with Gasteiger partial charge in [-0.2, -0.15) is 10.5 Å². The number of nitriles is 2. The Morgan fingerprint density at radius 1 is 1.06 bits per heavy atom. The second kappa shape index (κ2) is 7.30.